The third-order valence-corrected chi connectivity index (χ3v) is 5.85. The smallest absolute Gasteiger partial charge is 0.241 e. The van der Waals surface area contributed by atoms with Gasteiger partial charge in [-0.15, -0.1) is 0 Å². The Hall–Kier alpha value is -1.68. The number of carbonyl (C=O) groups is 1. The number of benzene rings is 1. The molecule has 0 spiro atoms. The van der Waals surface area contributed by atoms with Crippen LogP contribution < -0.4 is 14.8 Å². The molecule has 0 bridgehead atoms. The van der Waals surface area contributed by atoms with E-state index in [0.717, 1.165) is 18.7 Å². The van der Waals surface area contributed by atoms with Crippen LogP contribution in [0.2, 0.25) is 0 Å². The fourth-order valence-corrected chi connectivity index (χ4v) is 4.06. The molecule has 8 nitrogen and oxygen atoms in total. The van der Waals surface area contributed by atoms with Gasteiger partial charge in [-0.2, -0.15) is 4.72 Å². The first-order chi connectivity index (χ1) is 12.8. The van der Waals surface area contributed by atoms with Crippen LogP contribution in [-0.4, -0.2) is 71.3 Å². The lowest BCUT2D eigenvalue weighted by Gasteiger charge is -2.26. The molecule has 1 aromatic carbocycles. The van der Waals surface area contributed by atoms with Gasteiger partial charge in [0.15, 0.2) is 0 Å². The predicted octanol–water partition coefficient (Wildman–Crippen LogP) is 0.509. The number of sulfonamides is 1. The van der Waals surface area contributed by atoms with Crippen molar-refractivity contribution in [2.75, 3.05) is 46.0 Å². The molecule has 1 saturated heterocycles. The van der Waals surface area contributed by atoms with Gasteiger partial charge in [-0.05, 0) is 44.5 Å². The number of morpholine rings is 1. The zero-order valence-corrected chi connectivity index (χ0v) is 17.0. The second kappa shape index (κ2) is 10.0. The fourth-order valence-electron chi connectivity index (χ4n) is 2.78. The van der Waals surface area contributed by atoms with Crippen molar-refractivity contribution >= 4 is 15.9 Å². The largest absolute Gasteiger partial charge is 0.494 e. The van der Waals surface area contributed by atoms with Crippen LogP contribution in [-0.2, 0) is 19.6 Å². The number of nitrogens with zero attached hydrogens (tertiary/aromatic N) is 1. The van der Waals surface area contributed by atoms with Crippen molar-refractivity contribution in [3.05, 3.63) is 23.8 Å². The van der Waals surface area contributed by atoms with E-state index in [1.54, 1.807) is 13.0 Å². The van der Waals surface area contributed by atoms with Crippen LogP contribution in [0.25, 0.3) is 0 Å². The Kier molecular flexibility index (Phi) is 8.03. The first kappa shape index (κ1) is 21.6. The lowest BCUT2D eigenvalue weighted by atomic mass is 10.2. The van der Waals surface area contributed by atoms with Crippen molar-refractivity contribution in [3.8, 4) is 5.75 Å². The van der Waals surface area contributed by atoms with E-state index in [9.17, 15) is 13.2 Å². The van der Waals surface area contributed by atoms with E-state index in [-0.39, 0.29) is 10.8 Å². The molecule has 0 radical (unpaired) electrons. The molecule has 1 atom stereocenters. The van der Waals surface area contributed by atoms with Gasteiger partial charge in [-0.1, -0.05) is 0 Å². The molecule has 1 amide bonds. The molecule has 1 aliphatic rings. The van der Waals surface area contributed by atoms with Gasteiger partial charge in [-0.25, -0.2) is 8.42 Å². The van der Waals surface area contributed by atoms with Crippen LogP contribution >= 0.6 is 0 Å². The molecule has 1 heterocycles. The van der Waals surface area contributed by atoms with Crippen LogP contribution in [0.1, 0.15) is 19.4 Å². The van der Waals surface area contributed by atoms with Crippen molar-refractivity contribution < 1.29 is 22.7 Å². The maximum atomic E-state index is 12.5. The van der Waals surface area contributed by atoms with Crippen molar-refractivity contribution in [2.24, 2.45) is 0 Å². The monoisotopic (exact) mass is 399 g/mol. The Morgan fingerprint density at radius 3 is 2.67 bits per heavy atom. The first-order valence-electron chi connectivity index (χ1n) is 9.17. The highest BCUT2D eigenvalue weighted by Gasteiger charge is 2.22. The third kappa shape index (κ3) is 6.46. The second-order valence-corrected chi connectivity index (χ2v) is 8.16. The quantitative estimate of drug-likeness (QED) is 0.628. The molecule has 1 aliphatic heterocycles. The Morgan fingerprint density at radius 2 is 2.04 bits per heavy atom. The fraction of sp³-hybridized carbons (Fsp3) is 0.611. The van der Waals surface area contributed by atoms with Crippen LogP contribution in [0.3, 0.4) is 0 Å². The SMILES string of the molecule is CCOc1ccc(S(=O)(=O)N[C@H](C)C(=O)NCCN2CCOCC2)cc1C. The van der Waals surface area contributed by atoms with Crippen molar-refractivity contribution in [2.45, 2.75) is 31.7 Å². The first-order valence-corrected chi connectivity index (χ1v) is 10.7. The van der Waals surface area contributed by atoms with Crippen LogP contribution in [0, 0.1) is 6.92 Å². The molecule has 9 heteroatoms. The molecule has 2 N–H and O–H groups in total. The number of hydrogen-bond donors (Lipinski definition) is 2. The Morgan fingerprint density at radius 1 is 1.33 bits per heavy atom. The van der Waals surface area contributed by atoms with Gasteiger partial charge in [0.1, 0.15) is 5.75 Å². The van der Waals surface area contributed by atoms with Crippen LogP contribution in [0.15, 0.2) is 23.1 Å². The van der Waals surface area contributed by atoms with E-state index in [4.69, 9.17) is 9.47 Å². The summed E-state index contributed by atoms with van der Waals surface area (Å²) in [6.45, 7) is 9.95. The van der Waals surface area contributed by atoms with E-state index < -0.39 is 16.1 Å². The van der Waals surface area contributed by atoms with Crippen molar-refractivity contribution in [1.82, 2.24) is 14.9 Å². The van der Waals surface area contributed by atoms with Gasteiger partial charge < -0.3 is 14.8 Å². The van der Waals surface area contributed by atoms with Gasteiger partial charge in [0.25, 0.3) is 0 Å². The summed E-state index contributed by atoms with van der Waals surface area (Å²) in [6, 6.07) is 3.77. The minimum Gasteiger partial charge on any atom is -0.494 e. The summed E-state index contributed by atoms with van der Waals surface area (Å²) < 4.78 is 38.2. The summed E-state index contributed by atoms with van der Waals surface area (Å²) in [4.78, 5) is 14.5. The number of amides is 1. The van der Waals surface area contributed by atoms with Gasteiger partial charge in [0, 0.05) is 26.2 Å². The highest BCUT2D eigenvalue weighted by Crippen LogP contribution is 2.21. The average molecular weight is 400 g/mol. The van der Waals surface area contributed by atoms with Gasteiger partial charge >= 0.3 is 0 Å². The standard InChI is InChI=1S/C18H29N3O5S/c1-4-26-17-6-5-16(13-14(17)2)27(23,24)20-15(3)18(22)19-7-8-21-9-11-25-12-10-21/h5-6,13,15,20H,4,7-12H2,1-3H3,(H,19,22)/t15-/m1/s1. The lowest BCUT2D eigenvalue weighted by Crippen LogP contribution is -2.47. The van der Waals surface area contributed by atoms with Crippen molar-refractivity contribution in [3.63, 3.8) is 0 Å². The number of carbonyl (C=O) groups excluding carboxylic acids is 1. The molecule has 0 saturated carbocycles. The van der Waals surface area contributed by atoms with Gasteiger partial charge in [0.2, 0.25) is 15.9 Å². The van der Waals surface area contributed by atoms with E-state index in [1.165, 1.54) is 19.1 Å². The Bertz CT molecular complexity index is 733. The maximum absolute atomic E-state index is 12.5. The van der Waals surface area contributed by atoms with Gasteiger partial charge in [-0.3, -0.25) is 9.69 Å². The minimum atomic E-state index is -3.80. The van der Waals surface area contributed by atoms with E-state index >= 15 is 0 Å². The molecule has 2 rings (SSSR count). The zero-order valence-electron chi connectivity index (χ0n) is 16.2. The summed E-state index contributed by atoms with van der Waals surface area (Å²) in [5.41, 5.74) is 0.724. The molecule has 0 unspecified atom stereocenters. The topological polar surface area (TPSA) is 97.0 Å². The highest BCUT2D eigenvalue weighted by atomic mass is 32.2. The second-order valence-electron chi connectivity index (χ2n) is 6.45. The van der Waals surface area contributed by atoms with Crippen molar-refractivity contribution in [1.29, 1.82) is 0 Å². The molecular formula is C18H29N3O5S. The number of hydrogen-bond acceptors (Lipinski definition) is 6. The molecule has 0 aliphatic carbocycles. The molecule has 152 valence electrons. The maximum Gasteiger partial charge on any atom is 0.241 e. The van der Waals surface area contributed by atoms with E-state index in [1.807, 2.05) is 6.92 Å². The summed E-state index contributed by atoms with van der Waals surface area (Å²) in [5.74, 6) is 0.292. The third-order valence-electron chi connectivity index (χ3n) is 4.31. The zero-order chi connectivity index (χ0) is 19.9. The molecule has 0 aromatic heterocycles. The normalized spacial score (nSPS) is 16.7. The van der Waals surface area contributed by atoms with Crippen LogP contribution in [0.4, 0.5) is 0 Å². The van der Waals surface area contributed by atoms with E-state index in [2.05, 4.69) is 14.9 Å². The highest BCUT2D eigenvalue weighted by molar-refractivity contribution is 7.89. The molecule has 27 heavy (non-hydrogen) atoms. The summed E-state index contributed by atoms with van der Waals surface area (Å²) >= 11 is 0. The van der Waals surface area contributed by atoms with E-state index in [0.29, 0.717) is 38.7 Å². The summed E-state index contributed by atoms with van der Waals surface area (Å²) in [5, 5.41) is 2.77. The van der Waals surface area contributed by atoms with Gasteiger partial charge in [0.05, 0.1) is 30.8 Å². The molecule has 1 aromatic rings. The lowest BCUT2D eigenvalue weighted by molar-refractivity contribution is -0.122. The minimum absolute atomic E-state index is 0.108. The predicted molar refractivity (Wildman–Crippen MR) is 102 cm³/mol. The molecular weight excluding hydrogens is 370 g/mol. The number of aryl methyl sites for hydroxylation is 1. The Balaban J connectivity index is 1.87. The average Bonchev–Trinajstić information content (AvgIpc) is 2.64. The molecule has 1 fully saturated rings. The summed E-state index contributed by atoms with van der Waals surface area (Å²) in [6.07, 6.45) is 0. The number of ether oxygens (including phenoxy) is 2. The van der Waals surface area contributed by atoms with Crippen LogP contribution in [0.5, 0.6) is 5.75 Å². The summed E-state index contributed by atoms with van der Waals surface area (Å²) in [7, 11) is -3.80. The Labute approximate surface area is 161 Å². The number of rotatable bonds is 9. The number of nitrogens with one attached hydrogen (secondary N) is 2.